The standard InChI is InChI=1S/C14H18Cl3NO/c1-10(2)18(7-3-6-15)14(19)9-11-4-5-12(16)13(17)8-11/h4-5,8,10H,3,6-7,9H2,1-2H3. The molecule has 2 nitrogen and oxygen atoms in total. The maximum atomic E-state index is 12.3. The van der Waals surface area contributed by atoms with Crippen LogP contribution in [0.15, 0.2) is 18.2 Å². The van der Waals surface area contributed by atoms with E-state index in [1.54, 1.807) is 12.1 Å². The highest BCUT2D eigenvalue weighted by molar-refractivity contribution is 6.42. The van der Waals surface area contributed by atoms with Crippen molar-refractivity contribution in [3.63, 3.8) is 0 Å². The molecule has 0 aliphatic carbocycles. The zero-order chi connectivity index (χ0) is 14.4. The van der Waals surface area contributed by atoms with Gasteiger partial charge in [-0.2, -0.15) is 0 Å². The van der Waals surface area contributed by atoms with Crippen LogP contribution < -0.4 is 0 Å². The summed E-state index contributed by atoms with van der Waals surface area (Å²) >= 11 is 17.5. The molecule has 0 saturated carbocycles. The Hall–Kier alpha value is -0.440. The van der Waals surface area contributed by atoms with Crippen LogP contribution in [0.3, 0.4) is 0 Å². The summed E-state index contributed by atoms with van der Waals surface area (Å²) in [6.45, 7) is 4.68. The first kappa shape index (κ1) is 16.6. The molecule has 0 aliphatic heterocycles. The quantitative estimate of drug-likeness (QED) is 0.711. The van der Waals surface area contributed by atoms with Crippen LogP contribution in [0.25, 0.3) is 0 Å². The summed E-state index contributed by atoms with van der Waals surface area (Å²) in [6.07, 6.45) is 1.13. The van der Waals surface area contributed by atoms with Gasteiger partial charge in [0.15, 0.2) is 0 Å². The van der Waals surface area contributed by atoms with Crippen LogP contribution in [0.5, 0.6) is 0 Å². The molecular weight excluding hydrogens is 305 g/mol. The van der Waals surface area contributed by atoms with Gasteiger partial charge in [0.1, 0.15) is 0 Å². The van der Waals surface area contributed by atoms with Gasteiger partial charge < -0.3 is 4.90 Å². The molecule has 0 saturated heterocycles. The van der Waals surface area contributed by atoms with E-state index in [4.69, 9.17) is 34.8 Å². The van der Waals surface area contributed by atoms with Crippen molar-refractivity contribution in [2.75, 3.05) is 12.4 Å². The Labute approximate surface area is 129 Å². The predicted octanol–water partition coefficient (Wildman–Crippen LogP) is 4.40. The zero-order valence-corrected chi connectivity index (χ0v) is 13.4. The Bertz CT molecular complexity index is 435. The van der Waals surface area contributed by atoms with Gasteiger partial charge in [0.2, 0.25) is 5.91 Å². The lowest BCUT2D eigenvalue weighted by Gasteiger charge is -2.26. The van der Waals surface area contributed by atoms with Gasteiger partial charge in [0.05, 0.1) is 16.5 Å². The van der Waals surface area contributed by atoms with Crippen molar-refractivity contribution in [2.45, 2.75) is 32.7 Å². The zero-order valence-electron chi connectivity index (χ0n) is 11.1. The summed E-state index contributed by atoms with van der Waals surface area (Å²) in [5.41, 5.74) is 0.871. The maximum absolute atomic E-state index is 12.3. The van der Waals surface area contributed by atoms with Crippen molar-refractivity contribution in [3.05, 3.63) is 33.8 Å². The second kappa shape index (κ2) is 7.98. The Balaban J connectivity index is 2.72. The molecule has 1 rings (SSSR count). The smallest absolute Gasteiger partial charge is 0.227 e. The number of hydrogen-bond acceptors (Lipinski definition) is 1. The number of carbonyl (C=O) groups excluding carboxylic acids is 1. The van der Waals surface area contributed by atoms with E-state index in [0.29, 0.717) is 28.9 Å². The summed E-state index contributed by atoms with van der Waals surface area (Å²) in [7, 11) is 0. The number of hydrogen-bond donors (Lipinski definition) is 0. The molecule has 0 bridgehead atoms. The number of halogens is 3. The highest BCUT2D eigenvalue weighted by atomic mass is 35.5. The van der Waals surface area contributed by atoms with Crippen molar-refractivity contribution in [3.8, 4) is 0 Å². The van der Waals surface area contributed by atoms with E-state index in [1.165, 1.54) is 0 Å². The van der Waals surface area contributed by atoms with Crippen molar-refractivity contribution in [1.82, 2.24) is 4.90 Å². The minimum atomic E-state index is 0.0819. The van der Waals surface area contributed by atoms with Gasteiger partial charge in [-0.05, 0) is 38.0 Å². The fourth-order valence-corrected chi connectivity index (χ4v) is 2.27. The lowest BCUT2D eigenvalue weighted by molar-refractivity contribution is -0.132. The number of benzene rings is 1. The van der Waals surface area contributed by atoms with Gasteiger partial charge in [-0.1, -0.05) is 29.3 Å². The van der Waals surface area contributed by atoms with Crippen LogP contribution in [-0.4, -0.2) is 29.3 Å². The predicted molar refractivity (Wildman–Crippen MR) is 82.4 cm³/mol. The van der Waals surface area contributed by atoms with E-state index in [-0.39, 0.29) is 11.9 Å². The van der Waals surface area contributed by atoms with Crippen molar-refractivity contribution >= 4 is 40.7 Å². The second-order valence-electron chi connectivity index (χ2n) is 4.65. The Morgan fingerprint density at radius 2 is 1.95 bits per heavy atom. The molecule has 0 unspecified atom stereocenters. The number of carbonyl (C=O) groups is 1. The van der Waals surface area contributed by atoms with E-state index >= 15 is 0 Å². The molecule has 0 atom stereocenters. The highest BCUT2D eigenvalue weighted by Crippen LogP contribution is 2.23. The molecule has 0 aromatic heterocycles. The van der Waals surface area contributed by atoms with Crippen LogP contribution >= 0.6 is 34.8 Å². The number of alkyl halides is 1. The molecular formula is C14H18Cl3NO. The third kappa shape index (κ3) is 5.21. The molecule has 5 heteroatoms. The molecule has 1 aromatic carbocycles. The van der Waals surface area contributed by atoms with Crippen molar-refractivity contribution in [2.24, 2.45) is 0 Å². The minimum Gasteiger partial charge on any atom is -0.340 e. The lowest BCUT2D eigenvalue weighted by atomic mass is 10.1. The summed E-state index contributed by atoms with van der Waals surface area (Å²) in [5, 5.41) is 0.976. The lowest BCUT2D eigenvalue weighted by Crippen LogP contribution is -2.38. The fourth-order valence-electron chi connectivity index (χ4n) is 1.83. The highest BCUT2D eigenvalue weighted by Gasteiger charge is 2.17. The van der Waals surface area contributed by atoms with Gasteiger partial charge in [0, 0.05) is 18.5 Å². The van der Waals surface area contributed by atoms with E-state index in [9.17, 15) is 4.79 Å². The fraction of sp³-hybridized carbons (Fsp3) is 0.500. The molecule has 1 amide bonds. The van der Waals surface area contributed by atoms with Gasteiger partial charge in [0.25, 0.3) is 0 Å². The Kier molecular flexibility index (Phi) is 6.98. The van der Waals surface area contributed by atoms with Crippen molar-refractivity contribution < 1.29 is 4.79 Å². The van der Waals surface area contributed by atoms with Crippen LogP contribution in [0.1, 0.15) is 25.8 Å². The van der Waals surface area contributed by atoms with E-state index in [2.05, 4.69) is 0 Å². The van der Waals surface area contributed by atoms with Crippen LogP contribution in [-0.2, 0) is 11.2 Å². The van der Waals surface area contributed by atoms with Crippen LogP contribution in [0.4, 0.5) is 0 Å². The monoisotopic (exact) mass is 321 g/mol. The van der Waals surface area contributed by atoms with Crippen LogP contribution in [0.2, 0.25) is 10.0 Å². The first-order chi connectivity index (χ1) is 8.95. The van der Waals surface area contributed by atoms with Crippen LogP contribution in [0, 0.1) is 0 Å². The summed E-state index contributed by atoms with van der Waals surface area (Å²) in [4.78, 5) is 14.1. The Morgan fingerprint density at radius 3 is 2.47 bits per heavy atom. The minimum absolute atomic E-state index is 0.0819. The van der Waals surface area contributed by atoms with Gasteiger partial charge in [-0.25, -0.2) is 0 Å². The second-order valence-corrected chi connectivity index (χ2v) is 5.84. The van der Waals surface area contributed by atoms with Gasteiger partial charge >= 0.3 is 0 Å². The SMILES string of the molecule is CC(C)N(CCCCl)C(=O)Cc1ccc(Cl)c(Cl)c1. The molecule has 1 aromatic rings. The topological polar surface area (TPSA) is 20.3 Å². The maximum Gasteiger partial charge on any atom is 0.227 e. The Morgan fingerprint density at radius 1 is 1.26 bits per heavy atom. The third-order valence-electron chi connectivity index (χ3n) is 2.82. The number of amides is 1. The number of rotatable bonds is 6. The molecule has 0 radical (unpaired) electrons. The van der Waals surface area contributed by atoms with Crippen molar-refractivity contribution in [1.29, 1.82) is 0 Å². The molecule has 0 spiro atoms. The van der Waals surface area contributed by atoms with E-state index in [1.807, 2.05) is 24.8 Å². The average molecular weight is 323 g/mol. The largest absolute Gasteiger partial charge is 0.340 e. The average Bonchev–Trinajstić information content (AvgIpc) is 2.34. The van der Waals surface area contributed by atoms with Gasteiger partial charge in [-0.15, -0.1) is 11.6 Å². The van der Waals surface area contributed by atoms with Gasteiger partial charge in [-0.3, -0.25) is 4.79 Å². The van der Waals surface area contributed by atoms with E-state index < -0.39 is 0 Å². The summed E-state index contributed by atoms with van der Waals surface area (Å²) < 4.78 is 0. The first-order valence-corrected chi connectivity index (χ1v) is 7.54. The van der Waals surface area contributed by atoms with E-state index in [0.717, 1.165) is 12.0 Å². The molecule has 0 heterocycles. The number of nitrogens with zero attached hydrogens (tertiary/aromatic N) is 1. The first-order valence-electron chi connectivity index (χ1n) is 6.25. The normalized spacial score (nSPS) is 10.8. The molecule has 106 valence electrons. The molecule has 0 aliphatic rings. The molecule has 19 heavy (non-hydrogen) atoms. The molecule has 0 N–H and O–H groups in total. The third-order valence-corrected chi connectivity index (χ3v) is 3.82. The molecule has 0 fully saturated rings. The summed E-state index contributed by atoms with van der Waals surface area (Å²) in [5.74, 6) is 0.641. The summed E-state index contributed by atoms with van der Waals surface area (Å²) in [6, 6.07) is 5.44.